The summed E-state index contributed by atoms with van der Waals surface area (Å²) < 4.78 is 46.3. The van der Waals surface area contributed by atoms with E-state index in [9.17, 15) is 23.1 Å². The van der Waals surface area contributed by atoms with Gasteiger partial charge in [-0.25, -0.2) is 9.78 Å². The van der Waals surface area contributed by atoms with Crippen molar-refractivity contribution in [1.82, 2.24) is 4.98 Å². The minimum Gasteiger partial charge on any atom is -1.00 e. The van der Waals surface area contributed by atoms with Crippen molar-refractivity contribution >= 4 is 22.8 Å². The molecule has 0 saturated carbocycles. The molecule has 1 aromatic heterocycles. The van der Waals surface area contributed by atoms with Gasteiger partial charge in [0.25, 0.3) is 0 Å². The third kappa shape index (κ3) is 5.81. The number of allylic oxidation sites excluding steroid dienone is 2. The number of nitrogens with two attached hydrogens (primary N) is 1. The average molecular weight is 478 g/mol. The van der Waals surface area contributed by atoms with Gasteiger partial charge in [-0.3, -0.25) is 0 Å². The van der Waals surface area contributed by atoms with Gasteiger partial charge in [0.05, 0.1) is 11.1 Å². The van der Waals surface area contributed by atoms with E-state index >= 15 is 0 Å². The Kier molecular flexibility index (Phi) is 8.07. The number of aromatic carboxylic acids is 1. The fourth-order valence-electron chi connectivity index (χ4n) is 3.97. The van der Waals surface area contributed by atoms with Crippen molar-refractivity contribution < 1.29 is 58.8 Å². The Morgan fingerprint density at radius 1 is 1.09 bits per heavy atom. The van der Waals surface area contributed by atoms with Crippen LogP contribution in [0.25, 0.3) is 11.1 Å². The minimum absolute atomic E-state index is 0. The van der Waals surface area contributed by atoms with Crippen molar-refractivity contribution in [3.8, 4) is 5.88 Å². The van der Waals surface area contributed by atoms with Crippen LogP contribution in [0.3, 0.4) is 0 Å². The van der Waals surface area contributed by atoms with Gasteiger partial charge in [-0.1, -0.05) is 30.3 Å². The fraction of sp³-hybridized carbons (Fsp3) is 0.200. The number of alkyl halides is 3. The van der Waals surface area contributed by atoms with Gasteiger partial charge < -0.3 is 17.0 Å². The van der Waals surface area contributed by atoms with Crippen LogP contribution in [0, 0.1) is 0 Å². The number of nitrogen functional groups attached to an aromatic ring is 1. The maximum Gasteiger partial charge on any atom is 1.00 e. The molecule has 0 radical (unpaired) electrons. The molecular weight excluding hydrogens is 456 g/mol. The third-order valence-corrected chi connectivity index (χ3v) is 5.49. The monoisotopic (exact) mass is 478 g/mol. The maximum atomic E-state index is 13.5. The van der Waals surface area contributed by atoms with E-state index < -0.39 is 17.7 Å². The van der Waals surface area contributed by atoms with E-state index in [0.29, 0.717) is 30.4 Å². The number of carboxylic acid groups (broad SMARTS) is 1. The summed E-state index contributed by atoms with van der Waals surface area (Å²) in [5.74, 6) is -1.03. The van der Waals surface area contributed by atoms with Crippen LogP contribution in [-0.4, -0.2) is 16.1 Å². The van der Waals surface area contributed by atoms with Crippen molar-refractivity contribution in [3.05, 3.63) is 88.6 Å². The van der Waals surface area contributed by atoms with E-state index in [-0.39, 0.29) is 60.3 Å². The molecule has 172 valence electrons. The van der Waals surface area contributed by atoms with Crippen molar-refractivity contribution in [3.63, 3.8) is 0 Å². The molecule has 0 aliphatic heterocycles. The summed E-state index contributed by atoms with van der Waals surface area (Å²) in [7, 11) is 0. The number of rotatable bonds is 6. The van der Waals surface area contributed by atoms with Crippen molar-refractivity contribution in [2.75, 3.05) is 5.73 Å². The Labute approximate surface area is 218 Å². The molecule has 1 aliphatic carbocycles. The maximum absolute atomic E-state index is 13.5. The molecule has 4 rings (SSSR count). The molecule has 3 N–H and O–H groups in total. The second-order valence-corrected chi connectivity index (χ2v) is 7.81. The number of benzene rings is 2. The predicted octanol–water partition coefficient (Wildman–Crippen LogP) is 3.17. The van der Waals surface area contributed by atoms with Crippen LogP contribution in [0.5, 0.6) is 5.88 Å². The minimum atomic E-state index is -4.56. The Balaban J connectivity index is 0.00000216. The smallest absolute Gasteiger partial charge is 1.00 e. The molecule has 2 aromatic carbocycles. The molecule has 0 fully saturated rings. The zero-order valence-corrected chi connectivity index (χ0v) is 20.5. The first-order chi connectivity index (χ1) is 15.7. The first-order valence-corrected chi connectivity index (χ1v) is 10.3. The van der Waals surface area contributed by atoms with Gasteiger partial charge in [-0.05, 0) is 65.8 Å². The molecule has 1 heterocycles. The van der Waals surface area contributed by atoms with Crippen LogP contribution < -0.4 is 40.0 Å². The van der Waals surface area contributed by atoms with Crippen molar-refractivity contribution in [1.29, 1.82) is 0 Å². The summed E-state index contributed by atoms with van der Waals surface area (Å²) in [6, 6.07) is 14.8. The van der Waals surface area contributed by atoms with E-state index in [1.165, 1.54) is 12.1 Å². The fourth-order valence-corrected chi connectivity index (χ4v) is 3.97. The summed E-state index contributed by atoms with van der Waals surface area (Å²) in [6.45, 7) is 0.149. The van der Waals surface area contributed by atoms with Crippen molar-refractivity contribution in [2.45, 2.75) is 32.0 Å². The topological polar surface area (TPSA) is 85.4 Å². The number of hydrogen-bond donors (Lipinski definition) is 2. The molecule has 1 aliphatic rings. The van der Waals surface area contributed by atoms with Crippen LogP contribution in [0.15, 0.2) is 60.8 Å². The van der Waals surface area contributed by atoms with Gasteiger partial charge in [0.2, 0.25) is 5.88 Å². The zero-order chi connectivity index (χ0) is 23.6. The number of halogens is 3. The van der Waals surface area contributed by atoms with E-state index in [1.54, 1.807) is 6.07 Å². The Bertz CT molecular complexity index is 1230. The van der Waals surface area contributed by atoms with Crippen molar-refractivity contribution in [2.24, 2.45) is 0 Å². The average Bonchev–Trinajstić information content (AvgIpc) is 3.27. The summed E-state index contributed by atoms with van der Waals surface area (Å²) >= 11 is 0. The second-order valence-electron chi connectivity index (χ2n) is 7.81. The van der Waals surface area contributed by atoms with E-state index in [4.69, 9.17) is 10.5 Å². The predicted molar refractivity (Wildman–Crippen MR) is 120 cm³/mol. The molecule has 9 heteroatoms. The molecule has 0 atom stereocenters. The number of hydrogen-bond acceptors (Lipinski definition) is 4. The van der Waals surface area contributed by atoms with E-state index in [2.05, 4.69) is 4.98 Å². The Morgan fingerprint density at radius 3 is 2.47 bits per heavy atom. The largest absolute Gasteiger partial charge is 1.00 e. The summed E-state index contributed by atoms with van der Waals surface area (Å²) in [5.41, 5.74) is 8.40. The van der Waals surface area contributed by atoms with Crippen LogP contribution in [0.4, 0.5) is 18.9 Å². The SMILES string of the molecule is Nc1cc(C(=O)O)cc(C2=C(c3cc(C(F)(F)F)cnc3OCc3ccccc3)CCC2)c1.[H-].[Na+]. The van der Waals surface area contributed by atoms with E-state index in [1.807, 2.05) is 30.3 Å². The van der Waals surface area contributed by atoms with Gasteiger partial charge in [0.1, 0.15) is 6.61 Å². The normalized spacial score (nSPS) is 13.5. The number of pyridine rings is 1. The molecule has 34 heavy (non-hydrogen) atoms. The van der Waals surface area contributed by atoms with Crippen LogP contribution in [-0.2, 0) is 12.8 Å². The number of ether oxygens (including phenoxy) is 1. The third-order valence-electron chi connectivity index (χ3n) is 5.49. The molecule has 3 aromatic rings. The van der Waals surface area contributed by atoms with Crippen LogP contribution >= 0.6 is 0 Å². The van der Waals surface area contributed by atoms with Crippen LogP contribution in [0.1, 0.15) is 53.3 Å². The second kappa shape index (κ2) is 10.6. The number of nitrogens with zero attached hydrogens (tertiary/aromatic N) is 1. The first-order valence-electron chi connectivity index (χ1n) is 10.3. The van der Waals surface area contributed by atoms with E-state index in [0.717, 1.165) is 23.4 Å². The van der Waals surface area contributed by atoms with Crippen LogP contribution in [0.2, 0.25) is 0 Å². The molecule has 0 spiro atoms. The number of carbonyl (C=O) groups is 1. The van der Waals surface area contributed by atoms with Gasteiger partial charge in [0, 0.05) is 17.4 Å². The van der Waals surface area contributed by atoms with Gasteiger partial charge in [-0.2, -0.15) is 13.2 Å². The molecule has 0 bridgehead atoms. The number of aromatic nitrogens is 1. The van der Waals surface area contributed by atoms with Gasteiger partial charge >= 0.3 is 41.7 Å². The molecular formula is C25H22F3N2NaO3. The number of carboxylic acids is 1. The first kappa shape index (κ1) is 25.8. The molecule has 5 nitrogen and oxygen atoms in total. The quantitative estimate of drug-likeness (QED) is 0.420. The molecule has 0 saturated heterocycles. The summed E-state index contributed by atoms with van der Waals surface area (Å²) in [6.07, 6.45) is -2.01. The standard InChI is InChI=1S/C25H21F3N2O3.Na.H/c26-25(27,28)18-12-22(23(30-13-18)33-14-15-5-2-1-3-6-15)21-8-4-7-20(21)16-9-17(24(31)32)11-19(29)10-16;;/h1-3,5-6,9-13H,4,7-8,14,29H2,(H,31,32);;/q;+1;-1. The van der Waals surface area contributed by atoms with Gasteiger partial charge in [0.15, 0.2) is 0 Å². The van der Waals surface area contributed by atoms with Gasteiger partial charge in [-0.15, -0.1) is 0 Å². The Morgan fingerprint density at radius 2 is 1.79 bits per heavy atom. The number of anilines is 1. The molecule has 0 amide bonds. The zero-order valence-electron chi connectivity index (χ0n) is 19.5. The Hall–Kier alpha value is -2.81. The summed E-state index contributed by atoms with van der Waals surface area (Å²) in [5, 5.41) is 9.38. The molecule has 0 unspecified atom stereocenters. The summed E-state index contributed by atoms with van der Waals surface area (Å²) in [4.78, 5) is 15.5.